The van der Waals surface area contributed by atoms with Crippen LogP contribution in [0.3, 0.4) is 0 Å². The highest BCUT2D eigenvalue weighted by Gasteiger charge is 2.24. The Hall–Kier alpha value is -2.88. The molecule has 0 saturated carbocycles. The number of rotatable bonds is 6. The van der Waals surface area contributed by atoms with Gasteiger partial charge in [0.2, 0.25) is 15.9 Å². The third-order valence-corrected chi connectivity index (χ3v) is 8.22. The smallest absolute Gasteiger partial charge is 0.250 e. The average Bonchev–Trinajstić information content (AvgIpc) is 3.33. The first kappa shape index (κ1) is 22.3. The van der Waals surface area contributed by atoms with Gasteiger partial charge in [-0.1, -0.05) is 24.3 Å². The minimum atomic E-state index is -3.58. The van der Waals surface area contributed by atoms with E-state index >= 15 is 0 Å². The van der Waals surface area contributed by atoms with Crippen LogP contribution in [0, 0.1) is 12.7 Å². The van der Waals surface area contributed by atoms with E-state index in [1.54, 1.807) is 46.8 Å². The number of nitrogens with zero attached hydrogens (tertiary/aromatic N) is 2. The van der Waals surface area contributed by atoms with Gasteiger partial charge in [-0.25, -0.2) is 17.5 Å². The van der Waals surface area contributed by atoms with Crippen LogP contribution in [0.15, 0.2) is 58.3 Å². The van der Waals surface area contributed by atoms with Crippen molar-refractivity contribution in [2.75, 3.05) is 6.54 Å². The molecule has 0 fully saturated rings. The Balaban J connectivity index is 1.48. The van der Waals surface area contributed by atoms with Crippen molar-refractivity contribution in [3.63, 3.8) is 0 Å². The molecule has 0 radical (unpaired) electrons. The summed E-state index contributed by atoms with van der Waals surface area (Å²) < 4.78 is 41.7. The lowest BCUT2D eigenvalue weighted by Gasteiger charge is -2.30. The molecule has 166 valence electrons. The maximum atomic E-state index is 13.8. The van der Waals surface area contributed by atoms with Gasteiger partial charge in [0.25, 0.3) is 0 Å². The van der Waals surface area contributed by atoms with Crippen LogP contribution in [0.5, 0.6) is 0 Å². The number of aryl methyl sites for hydroxylation is 1. The maximum Gasteiger partial charge on any atom is 0.250 e. The largest absolute Gasteiger partial charge is 0.334 e. The molecule has 0 spiro atoms. The Bertz CT molecular complexity index is 1270. The number of pyridine rings is 1. The number of thiophene rings is 1. The summed E-state index contributed by atoms with van der Waals surface area (Å²) in [6.07, 6.45) is 5.18. The topological polar surface area (TPSA) is 79.4 Å². The normalized spacial score (nSPS) is 14.0. The number of hydrogen-bond acceptors (Lipinski definition) is 5. The molecule has 32 heavy (non-hydrogen) atoms. The molecule has 0 atom stereocenters. The van der Waals surface area contributed by atoms with Crippen molar-refractivity contribution in [1.82, 2.24) is 14.6 Å². The number of aromatic nitrogens is 1. The molecule has 0 bridgehead atoms. The van der Waals surface area contributed by atoms with Crippen LogP contribution in [0.2, 0.25) is 0 Å². The number of nitrogens with one attached hydrogen (secondary N) is 1. The summed E-state index contributed by atoms with van der Waals surface area (Å²) in [5.41, 5.74) is 3.87. The highest BCUT2D eigenvalue weighted by Crippen LogP contribution is 2.25. The van der Waals surface area contributed by atoms with Crippen molar-refractivity contribution in [2.45, 2.75) is 30.6 Å². The summed E-state index contributed by atoms with van der Waals surface area (Å²) in [5, 5.41) is 1.72. The van der Waals surface area contributed by atoms with Crippen LogP contribution in [-0.4, -0.2) is 30.8 Å². The zero-order chi connectivity index (χ0) is 22.7. The van der Waals surface area contributed by atoms with Crippen molar-refractivity contribution in [3.8, 4) is 0 Å². The molecule has 0 unspecified atom stereocenters. The molecule has 4 rings (SSSR count). The van der Waals surface area contributed by atoms with Crippen LogP contribution >= 0.6 is 11.3 Å². The number of benzene rings is 1. The quantitative estimate of drug-likeness (QED) is 0.557. The van der Waals surface area contributed by atoms with E-state index < -0.39 is 10.0 Å². The van der Waals surface area contributed by atoms with E-state index in [2.05, 4.69) is 9.71 Å². The SMILES string of the molecule is Cc1ncc2c(c1CNS(=O)(=O)c1cccs1)CCN(C(=O)C=Cc1ccccc1F)C2. The molecule has 1 aliphatic heterocycles. The standard InChI is InChI=1S/C23H22FN3O3S2/c1-16-20(14-26-32(29,30)23-7-4-12-31-23)19-10-11-27(15-18(19)13-25-16)22(28)9-8-17-5-2-3-6-21(17)24/h2-9,12-13,26H,10-11,14-15H2,1H3. The molecule has 2 aromatic heterocycles. The molecule has 1 aromatic carbocycles. The molecule has 0 saturated heterocycles. The summed E-state index contributed by atoms with van der Waals surface area (Å²) in [6.45, 7) is 2.85. The first-order valence-corrected chi connectivity index (χ1v) is 12.4. The van der Waals surface area contributed by atoms with Crippen molar-refractivity contribution >= 4 is 33.3 Å². The number of halogens is 1. The van der Waals surface area contributed by atoms with Crippen LogP contribution in [0.25, 0.3) is 6.08 Å². The van der Waals surface area contributed by atoms with E-state index in [0.717, 1.165) is 22.4 Å². The van der Waals surface area contributed by atoms with Gasteiger partial charge in [-0.15, -0.1) is 11.3 Å². The first-order chi connectivity index (χ1) is 15.3. The zero-order valence-electron chi connectivity index (χ0n) is 17.4. The Morgan fingerprint density at radius 1 is 1.28 bits per heavy atom. The third-order valence-electron chi connectivity index (χ3n) is 5.42. The summed E-state index contributed by atoms with van der Waals surface area (Å²) in [4.78, 5) is 18.7. The molecule has 6 nitrogen and oxygen atoms in total. The lowest BCUT2D eigenvalue weighted by Crippen LogP contribution is -2.36. The molecule has 1 amide bonds. The van der Waals surface area contributed by atoms with Gasteiger partial charge in [-0.2, -0.15) is 0 Å². The second-order valence-electron chi connectivity index (χ2n) is 7.45. The van der Waals surface area contributed by atoms with Gasteiger partial charge >= 0.3 is 0 Å². The van der Waals surface area contributed by atoms with Gasteiger partial charge in [0.15, 0.2) is 0 Å². The molecular formula is C23H22FN3O3S2. The second kappa shape index (κ2) is 9.32. The minimum absolute atomic E-state index is 0.142. The predicted molar refractivity (Wildman–Crippen MR) is 122 cm³/mol. The molecule has 3 heterocycles. The lowest BCUT2D eigenvalue weighted by atomic mass is 9.95. The Kier molecular flexibility index (Phi) is 6.50. The fraction of sp³-hybridized carbons (Fsp3) is 0.217. The number of fused-ring (bicyclic) bond motifs is 1. The van der Waals surface area contributed by atoms with E-state index in [1.807, 2.05) is 6.92 Å². The van der Waals surface area contributed by atoms with E-state index in [4.69, 9.17) is 0 Å². The van der Waals surface area contributed by atoms with Crippen molar-refractivity contribution < 1.29 is 17.6 Å². The van der Waals surface area contributed by atoms with Crippen LogP contribution < -0.4 is 4.72 Å². The molecule has 0 aliphatic carbocycles. The molecule has 9 heteroatoms. The van der Waals surface area contributed by atoms with Gasteiger partial charge < -0.3 is 4.90 Å². The van der Waals surface area contributed by atoms with Gasteiger partial charge in [0, 0.05) is 43.2 Å². The van der Waals surface area contributed by atoms with Crippen LogP contribution in [0.1, 0.15) is 27.9 Å². The average molecular weight is 472 g/mol. The summed E-state index contributed by atoms with van der Waals surface area (Å²) in [6, 6.07) is 9.54. The van der Waals surface area contributed by atoms with E-state index in [9.17, 15) is 17.6 Å². The van der Waals surface area contributed by atoms with E-state index in [1.165, 1.54) is 29.6 Å². The lowest BCUT2D eigenvalue weighted by molar-refractivity contribution is -0.126. The van der Waals surface area contributed by atoms with Gasteiger partial charge in [0.05, 0.1) is 0 Å². The highest BCUT2D eigenvalue weighted by molar-refractivity contribution is 7.91. The van der Waals surface area contributed by atoms with Gasteiger partial charge in [-0.05, 0) is 53.6 Å². The van der Waals surface area contributed by atoms with Crippen molar-refractivity contribution in [3.05, 3.63) is 87.8 Å². The predicted octanol–water partition coefficient (Wildman–Crippen LogP) is 3.67. The second-order valence-corrected chi connectivity index (χ2v) is 10.4. The van der Waals surface area contributed by atoms with Crippen LogP contribution in [-0.2, 0) is 34.3 Å². The molecule has 1 N–H and O–H groups in total. The Morgan fingerprint density at radius 3 is 2.84 bits per heavy atom. The third kappa shape index (κ3) is 4.79. The summed E-state index contributed by atoms with van der Waals surface area (Å²) >= 11 is 1.17. The fourth-order valence-corrected chi connectivity index (χ4v) is 5.71. The van der Waals surface area contributed by atoms with Gasteiger partial charge in [-0.3, -0.25) is 9.78 Å². The zero-order valence-corrected chi connectivity index (χ0v) is 19.0. The summed E-state index contributed by atoms with van der Waals surface area (Å²) in [7, 11) is -3.58. The Morgan fingerprint density at radius 2 is 2.09 bits per heavy atom. The Labute approximate surface area is 190 Å². The minimum Gasteiger partial charge on any atom is -0.334 e. The van der Waals surface area contributed by atoms with E-state index in [0.29, 0.717) is 25.1 Å². The number of sulfonamides is 1. The number of carbonyl (C=O) groups is 1. The number of carbonyl (C=O) groups excluding carboxylic acids is 1. The maximum absolute atomic E-state index is 13.8. The molecule has 1 aliphatic rings. The molecular weight excluding hydrogens is 449 g/mol. The first-order valence-electron chi connectivity index (χ1n) is 10.1. The monoisotopic (exact) mass is 471 g/mol. The van der Waals surface area contributed by atoms with Crippen LogP contribution in [0.4, 0.5) is 4.39 Å². The van der Waals surface area contributed by atoms with Crippen molar-refractivity contribution in [1.29, 1.82) is 0 Å². The van der Waals surface area contributed by atoms with Gasteiger partial charge in [0.1, 0.15) is 10.0 Å². The number of amides is 1. The van der Waals surface area contributed by atoms with E-state index in [-0.39, 0.29) is 22.5 Å². The number of hydrogen-bond donors (Lipinski definition) is 1. The summed E-state index contributed by atoms with van der Waals surface area (Å²) in [5.74, 6) is -0.589. The fourth-order valence-electron chi connectivity index (χ4n) is 3.68. The highest BCUT2D eigenvalue weighted by atomic mass is 32.2. The molecule has 3 aromatic rings. The van der Waals surface area contributed by atoms with Crippen molar-refractivity contribution in [2.24, 2.45) is 0 Å².